The summed E-state index contributed by atoms with van der Waals surface area (Å²) >= 11 is 5.68. The van der Waals surface area contributed by atoms with Crippen molar-refractivity contribution in [1.82, 2.24) is 24.2 Å². The van der Waals surface area contributed by atoms with Gasteiger partial charge >= 0.3 is 0 Å². The highest BCUT2D eigenvalue weighted by Crippen LogP contribution is 2.21. The zero-order valence-corrected chi connectivity index (χ0v) is 17.0. The van der Waals surface area contributed by atoms with Crippen molar-refractivity contribution in [3.63, 3.8) is 0 Å². The van der Waals surface area contributed by atoms with Crippen molar-refractivity contribution in [2.45, 2.75) is 30.7 Å². The number of likely N-dealkylation sites (tertiary alicyclic amines) is 1. The van der Waals surface area contributed by atoms with Crippen molar-refractivity contribution < 1.29 is 17.6 Å². The molecule has 1 aromatic carbocycles. The van der Waals surface area contributed by atoms with Crippen LogP contribution in [0.4, 0.5) is 4.39 Å². The van der Waals surface area contributed by atoms with Gasteiger partial charge in [0.15, 0.2) is 5.69 Å². The third-order valence-electron chi connectivity index (χ3n) is 4.64. The van der Waals surface area contributed by atoms with Crippen molar-refractivity contribution in [3.8, 4) is 0 Å². The average molecular weight is 430 g/mol. The number of hydrogen-bond donors (Lipinski definition) is 0. The molecule has 0 saturated carbocycles. The van der Waals surface area contributed by atoms with Crippen molar-refractivity contribution in [2.24, 2.45) is 0 Å². The van der Waals surface area contributed by atoms with Crippen LogP contribution in [-0.2, 0) is 16.6 Å². The van der Waals surface area contributed by atoms with E-state index in [9.17, 15) is 17.6 Å². The molecule has 1 aliphatic rings. The Morgan fingerprint density at radius 1 is 1.29 bits per heavy atom. The van der Waals surface area contributed by atoms with Gasteiger partial charge in [0.2, 0.25) is 10.0 Å². The standard InChI is InChI=1S/C17H21ClFN5O3S/c1-22(28(26,27)13-5-6-15(19)14(18)11-13)9-10-24-12-16(20-21-24)17(25)23-7-3-2-4-8-23/h5-6,11-12H,2-4,7-10H2,1H3. The van der Waals surface area contributed by atoms with Gasteiger partial charge in [-0.2, -0.15) is 4.31 Å². The summed E-state index contributed by atoms with van der Waals surface area (Å²) in [4.78, 5) is 14.1. The Hall–Kier alpha value is -2.04. The summed E-state index contributed by atoms with van der Waals surface area (Å²) < 4.78 is 41.0. The Morgan fingerprint density at radius 2 is 2.00 bits per heavy atom. The predicted molar refractivity (Wildman–Crippen MR) is 101 cm³/mol. The van der Waals surface area contributed by atoms with Gasteiger partial charge in [-0.3, -0.25) is 9.48 Å². The number of carbonyl (C=O) groups is 1. The van der Waals surface area contributed by atoms with Gasteiger partial charge in [-0.25, -0.2) is 12.8 Å². The molecule has 28 heavy (non-hydrogen) atoms. The number of carbonyl (C=O) groups excluding carboxylic acids is 1. The maximum absolute atomic E-state index is 13.3. The molecule has 0 radical (unpaired) electrons. The average Bonchev–Trinajstić information content (AvgIpc) is 3.17. The molecule has 0 aliphatic carbocycles. The molecule has 1 aliphatic heterocycles. The highest BCUT2D eigenvalue weighted by molar-refractivity contribution is 7.89. The van der Waals surface area contributed by atoms with Crippen LogP contribution in [0.3, 0.4) is 0 Å². The molecule has 2 aromatic rings. The summed E-state index contributed by atoms with van der Waals surface area (Å²) in [5.41, 5.74) is 0.248. The first kappa shape index (κ1) is 20.7. The van der Waals surface area contributed by atoms with Gasteiger partial charge in [-0.15, -0.1) is 5.10 Å². The van der Waals surface area contributed by atoms with E-state index in [-0.39, 0.29) is 34.6 Å². The molecule has 1 amide bonds. The fourth-order valence-electron chi connectivity index (χ4n) is 2.95. The monoisotopic (exact) mass is 429 g/mol. The molecule has 0 spiro atoms. The second-order valence-corrected chi connectivity index (χ2v) is 9.07. The molecule has 1 fully saturated rings. The molecule has 0 atom stereocenters. The van der Waals surface area contributed by atoms with E-state index in [4.69, 9.17) is 11.6 Å². The first-order chi connectivity index (χ1) is 13.3. The Kier molecular flexibility index (Phi) is 6.31. The summed E-state index contributed by atoms with van der Waals surface area (Å²) in [5, 5.41) is 7.56. The van der Waals surface area contributed by atoms with Crippen LogP contribution in [0.25, 0.3) is 0 Å². The number of aromatic nitrogens is 3. The molecule has 0 N–H and O–H groups in total. The molecule has 11 heteroatoms. The van der Waals surface area contributed by atoms with E-state index in [0.29, 0.717) is 13.1 Å². The Morgan fingerprint density at radius 3 is 2.68 bits per heavy atom. The van der Waals surface area contributed by atoms with E-state index < -0.39 is 15.8 Å². The minimum Gasteiger partial charge on any atom is -0.337 e. The first-order valence-corrected chi connectivity index (χ1v) is 10.7. The lowest BCUT2D eigenvalue weighted by Crippen LogP contribution is -2.35. The second-order valence-electron chi connectivity index (χ2n) is 6.62. The van der Waals surface area contributed by atoms with Crippen molar-refractivity contribution >= 4 is 27.5 Å². The number of likely N-dealkylation sites (N-methyl/N-ethyl adjacent to an activating group) is 1. The van der Waals surface area contributed by atoms with Gasteiger partial charge in [0, 0.05) is 26.7 Å². The van der Waals surface area contributed by atoms with Crippen LogP contribution in [0.5, 0.6) is 0 Å². The summed E-state index contributed by atoms with van der Waals surface area (Å²) in [7, 11) is -2.42. The molecule has 1 aromatic heterocycles. The molecule has 152 valence electrons. The van der Waals surface area contributed by atoms with Gasteiger partial charge < -0.3 is 4.90 Å². The van der Waals surface area contributed by atoms with Crippen molar-refractivity contribution in [2.75, 3.05) is 26.7 Å². The van der Waals surface area contributed by atoms with Crippen molar-refractivity contribution in [3.05, 3.63) is 40.9 Å². The van der Waals surface area contributed by atoms with E-state index >= 15 is 0 Å². The first-order valence-electron chi connectivity index (χ1n) is 8.90. The number of hydrogen-bond acceptors (Lipinski definition) is 5. The number of amides is 1. The Labute approximate surface area is 167 Å². The summed E-state index contributed by atoms with van der Waals surface area (Å²) in [6.07, 6.45) is 4.61. The molecule has 2 heterocycles. The fourth-order valence-corrected chi connectivity index (χ4v) is 4.38. The lowest BCUT2D eigenvalue weighted by Gasteiger charge is -2.25. The molecule has 1 saturated heterocycles. The van der Waals surface area contributed by atoms with E-state index in [2.05, 4.69) is 10.3 Å². The minimum atomic E-state index is -3.83. The lowest BCUT2D eigenvalue weighted by molar-refractivity contribution is 0.0718. The largest absolute Gasteiger partial charge is 0.337 e. The molecule has 3 rings (SSSR count). The SMILES string of the molecule is CN(CCn1cc(C(=O)N2CCCCC2)nn1)S(=O)(=O)c1ccc(F)c(Cl)c1. The van der Waals surface area contributed by atoms with Crippen LogP contribution in [0.15, 0.2) is 29.3 Å². The van der Waals surface area contributed by atoms with E-state index in [1.54, 1.807) is 4.90 Å². The zero-order valence-electron chi connectivity index (χ0n) is 15.4. The molecule has 0 bridgehead atoms. The van der Waals surface area contributed by atoms with E-state index in [0.717, 1.165) is 41.8 Å². The minimum absolute atomic E-state index is 0.0953. The van der Waals surface area contributed by atoms with Gasteiger partial charge in [0.1, 0.15) is 5.82 Å². The molecular formula is C17H21ClFN5O3S. The maximum Gasteiger partial charge on any atom is 0.276 e. The number of sulfonamides is 1. The molecular weight excluding hydrogens is 409 g/mol. The Bertz CT molecular complexity index is 959. The van der Waals surface area contributed by atoms with E-state index in [1.807, 2.05) is 0 Å². The highest BCUT2D eigenvalue weighted by atomic mass is 35.5. The number of piperidine rings is 1. The molecule has 0 unspecified atom stereocenters. The van der Waals surface area contributed by atoms with E-state index in [1.165, 1.54) is 17.9 Å². The number of rotatable bonds is 6. The fraction of sp³-hybridized carbons (Fsp3) is 0.471. The van der Waals surface area contributed by atoms with Crippen LogP contribution in [0, 0.1) is 5.82 Å². The van der Waals surface area contributed by atoms with Gasteiger partial charge in [-0.1, -0.05) is 16.8 Å². The second kappa shape index (κ2) is 8.54. The Balaban J connectivity index is 1.62. The zero-order chi connectivity index (χ0) is 20.3. The number of nitrogens with zero attached hydrogens (tertiary/aromatic N) is 5. The third kappa shape index (κ3) is 4.50. The molecule has 8 nitrogen and oxygen atoms in total. The van der Waals surface area contributed by atoms with Crippen LogP contribution in [0.1, 0.15) is 29.8 Å². The predicted octanol–water partition coefficient (Wildman–Crippen LogP) is 2.02. The van der Waals surface area contributed by atoms with Crippen LogP contribution in [0.2, 0.25) is 5.02 Å². The van der Waals surface area contributed by atoms with Crippen LogP contribution >= 0.6 is 11.6 Å². The highest BCUT2D eigenvalue weighted by Gasteiger charge is 2.23. The number of benzene rings is 1. The van der Waals surface area contributed by atoms with Crippen LogP contribution < -0.4 is 0 Å². The summed E-state index contributed by atoms with van der Waals surface area (Å²) in [5.74, 6) is -0.843. The van der Waals surface area contributed by atoms with Crippen molar-refractivity contribution in [1.29, 1.82) is 0 Å². The third-order valence-corrected chi connectivity index (χ3v) is 6.79. The maximum atomic E-state index is 13.3. The van der Waals surface area contributed by atoms with Gasteiger partial charge in [0.25, 0.3) is 5.91 Å². The van der Waals surface area contributed by atoms with Gasteiger partial charge in [-0.05, 0) is 37.5 Å². The topological polar surface area (TPSA) is 88.4 Å². The smallest absolute Gasteiger partial charge is 0.276 e. The van der Waals surface area contributed by atoms with Crippen LogP contribution in [-0.4, -0.2) is 65.2 Å². The normalized spacial score (nSPS) is 15.2. The number of halogens is 2. The summed E-state index contributed by atoms with van der Waals surface area (Å²) in [6.45, 7) is 1.74. The quantitative estimate of drug-likeness (QED) is 0.700. The summed E-state index contributed by atoms with van der Waals surface area (Å²) in [6, 6.07) is 3.25. The van der Waals surface area contributed by atoms with Gasteiger partial charge in [0.05, 0.1) is 22.7 Å². The lowest BCUT2D eigenvalue weighted by atomic mass is 10.1.